The highest BCUT2D eigenvalue weighted by molar-refractivity contribution is 5.94. The molecule has 3 N–H and O–H groups in total. The number of aryl methyl sites for hydroxylation is 2. The van der Waals surface area contributed by atoms with Gasteiger partial charge in [-0.05, 0) is 88.7 Å². The molecule has 8 nitrogen and oxygen atoms in total. The standard InChI is InChI=1S/C20H21N3O2.C11H15NO.C4H6O.C2H6/c1-13-5-4-6-15(9-13)14(2)22-20-12-21-11-17(23-20)16-7-8-18(24)19(10-16)25-3;1-8-6-10(9(2)13)4-5-11(8)7-12-3;1-2-3-4-5;1-2/h4-12,14,24H,1-3H3,(H,22,23);4-6,12H,7H2,1-3H3;2-4H,1H3;1-2H3/b;;3-2+;. The minimum atomic E-state index is 0.0987. The van der Waals surface area contributed by atoms with Crippen LogP contribution in [0.1, 0.15) is 73.3 Å². The first-order valence-electron chi connectivity index (χ1n) is 15.0. The maximum absolute atomic E-state index is 11.1. The highest BCUT2D eigenvalue weighted by Crippen LogP contribution is 2.31. The molecule has 3 aromatic carbocycles. The predicted octanol–water partition coefficient (Wildman–Crippen LogP) is 8.04. The van der Waals surface area contributed by atoms with Crippen molar-refractivity contribution < 1.29 is 19.4 Å². The number of phenols is 1. The number of aromatic hydroxyl groups is 1. The van der Waals surface area contributed by atoms with Gasteiger partial charge in [-0.1, -0.05) is 61.9 Å². The summed E-state index contributed by atoms with van der Waals surface area (Å²) in [6.45, 7) is 14.4. The topological polar surface area (TPSA) is 113 Å². The van der Waals surface area contributed by atoms with Crippen LogP contribution < -0.4 is 15.4 Å². The first-order valence-corrected chi connectivity index (χ1v) is 15.0. The molecule has 240 valence electrons. The number of nitrogens with zero attached hydrogens (tertiary/aromatic N) is 2. The number of hydrogen-bond acceptors (Lipinski definition) is 8. The lowest BCUT2D eigenvalue weighted by molar-refractivity contribution is -0.104. The number of aldehydes is 1. The van der Waals surface area contributed by atoms with E-state index < -0.39 is 0 Å². The summed E-state index contributed by atoms with van der Waals surface area (Å²) in [4.78, 5) is 29.3. The van der Waals surface area contributed by atoms with Crippen LogP contribution in [0.2, 0.25) is 0 Å². The first-order chi connectivity index (χ1) is 21.6. The quantitative estimate of drug-likeness (QED) is 0.0989. The molecule has 0 amide bonds. The number of aromatic nitrogens is 2. The van der Waals surface area contributed by atoms with Crippen molar-refractivity contribution in [1.29, 1.82) is 0 Å². The highest BCUT2D eigenvalue weighted by atomic mass is 16.5. The molecular formula is C37H48N4O4. The molecule has 1 heterocycles. The predicted molar refractivity (Wildman–Crippen MR) is 185 cm³/mol. The Morgan fingerprint density at radius 2 is 1.78 bits per heavy atom. The number of carbonyl (C=O) groups is 2. The number of allylic oxidation sites excluding steroid dienone is 2. The molecule has 0 fully saturated rings. The second-order valence-corrected chi connectivity index (χ2v) is 9.85. The van der Waals surface area contributed by atoms with Crippen LogP contribution in [0.15, 0.2) is 85.2 Å². The monoisotopic (exact) mass is 612 g/mol. The van der Waals surface area contributed by atoms with E-state index in [1.165, 1.54) is 35.4 Å². The number of benzene rings is 3. The largest absolute Gasteiger partial charge is 0.504 e. The van der Waals surface area contributed by atoms with Gasteiger partial charge < -0.3 is 20.5 Å². The molecule has 0 aliphatic rings. The van der Waals surface area contributed by atoms with Crippen molar-refractivity contribution in [3.05, 3.63) is 113 Å². The van der Waals surface area contributed by atoms with Crippen molar-refractivity contribution in [3.63, 3.8) is 0 Å². The van der Waals surface area contributed by atoms with Crippen molar-refractivity contribution in [3.8, 4) is 22.8 Å². The van der Waals surface area contributed by atoms with Crippen molar-refractivity contribution in [1.82, 2.24) is 15.3 Å². The fraction of sp³-hybridized carbons (Fsp3) is 0.297. The Morgan fingerprint density at radius 3 is 2.33 bits per heavy atom. The van der Waals surface area contributed by atoms with E-state index in [0.717, 1.165) is 24.0 Å². The average Bonchev–Trinajstić information content (AvgIpc) is 3.04. The molecule has 0 aliphatic heterocycles. The molecule has 1 aromatic heterocycles. The van der Waals surface area contributed by atoms with E-state index in [1.807, 2.05) is 52.1 Å². The number of ether oxygens (including phenoxy) is 1. The molecule has 1 atom stereocenters. The zero-order chi connectivity index (χ0) is 33.8. The Kier molecular flexibility index (Phi) is 17.8. The maximum atomic E-state index is 11.1. The Labute approximate surface area is 268 Å². The van der Waals surface area contributed by atoms with Crippen molar-refractivity contribution in [2.45, 2.75) is 61.1 Å². The van der Waals surface area contributed by atoms with Gasteiger partial charge in [-0.3, -0.25) is 14.6 Å². The summed E-state index contributed by atoms with van der Waals surface area (Å²) in [5.74, 6) is 1.32. The lowest BCUT2D eigenvalue weighted by atomic mass is 10.0. The fourth-order valence-electron chi connectivity index (χ4n) is 4.04. The molecule has 0 aliphatic carbocycles. The molecule has 0 radical (unpaired) electrons. The number of ketones is 1. The fourth-order valence-corrected chi connectivity index (χ4v) is 4.04. The minimum Gasteiger partial charge on any atom is -0.504 e. The van der Waals surface area contributed by atoms with Gasteiger partial charge in [0.2, 0.25) is 0 Å². The average molecular weight is 613 g/mol. The number of anilines is 1. The third kappa shape index (κ3) is 13.1. The third-order valence-corrected chi connectivity index (χ3v) is 6.40. The molecular weight excluding hydrogens is 564 g/mol. The molecule has 0 spiro atoms. The number of carbonyl (C=O) groups excluding carboxylic acids is 2. The summed E-state index contributed by atoms with van der Waals surface area (Å²) in [7, 11) is 3.43. The molecule has 1 unspecified atom stereocenters. The van der Waals surface area contributed by atoms with Crippen LogP contribution in [-0.4, -0.2) is 41.3 Å². The van der Waals surface area contributed by atoms with E-state index in [1.54, 1.807) is 50.5 Å². The summed E-state index contributed by atoms with van der Waals surface area (Å²) in [5, 5.41) is 16.2. The number of hydrogen-bond donors (Lipinski definition) is 3. The molecule has 4 rings (SSSR count). The van der Waals surface area contributed by atoms with Gasteiger partial charge in [-0.15, -0.1) is 0 Å². The van der Waals surface area contributed by atoms with Crippen LogP contribution in [0, 0.1) is 13.8 Å². The van der Waals surface area contributed by atoms with E-state index in [2.05, 4.69) is 52.6 Å². The first kappa shape index (κ1) is 38.2. The van der Waals surface area contributed by atoms with Crippen LogP contribution in [0.4, 0.5) is 5.82 Å². The second kappa shape index (κ2) is 21.0. The smallest absolute Gasteiger partial charge is 0.161 e. The van der Waals surface area contributed by atoms with Gasteiger partial charge in [-0.25, -0.2) is 4.98 Å². The van der Waals surface area contributed by atoms with E-state index >= 15 is 0 Å². The zero-order valence-electron chi connectivity index (χ0n) is 28.0. The summed E-state index contributed by atoms with van der Waals surface area (Å²) in [6.07, 6.45) is 7.27. The van der Waals surface area contributed by atoms with Gasteiger partial charge in [0, 0.05) is 17.7 Å². The normalized spacial score (nSPS) is 10.6. The molecule has 0 saturated carbocycles. The lowest BCUT2D eigenvalue weighted by Crippen LogP contribution is -2.08. The van der Waals surface area contributed by atoms with Gasteiger partial charge in [0.05, 0.1) is 31.2 Å². The van der Waals surface area contributed by atoms with Crippen LogP contribution >= 0.6 is 0 Å². The molecule has 4 aromatic rings. The van der Waals surface area contributed by atoms with Gasteiger partial charge in [0.25, 0.3) is 0 Å². The molecule has 0 bridgehead atoms. The van der Waals surface area contributed by atoms with Crippen molar-refractivity contribution in [2.24, 2.45) is 0 Å². The minimum absolute atomic E-state index is 0.0987. The Bertz CT molecular complexity index is 1520. The molecule has 8 heteroatoms. The summed E-state index contributed by atoms with van der Waals surface area (Å²) >= 11 is 0. The van der Waals surface area contributed by atoms with Crippen LogP contribution in [0.25, 0.3) is 11.3 Å². The van der Waals surface area contributed by atoms with Crippen molar-refractivity contribution >= 4 is 17.9 Å². The van der Waals surface area contributed by atoms with E-state index in [-0.39, 0.29) is 17.6 Å². The van der Waals surface area contributed by atoms with Crippen LogP contribution in [0.5, 0.6) is 11.5 Å². The van der Waals surface area contributed by atoms with Gasteiger partial charge in [-0.2, -0.15) is 0 Å². The lowest BCUT2D eigenvalue weighted by Gasteiger charge is -2.16. The van der Waals surface area contributed by atoms with E-state index in [9.17, 15) is 14.7 Å². The zero-order valence-corrected chi connectivity index (χ0v) is 28.0. The van der Waals surface area contributed by atoms with E-state index in [4.69, 9.17) is 4.74 Å². The second-order valence-electron chi connectivity index (χ2n) is 9.85. The van der Waals surface area contributed by atoms with Gasteiger partial charge in [0.1, 0.15) is 12.1 Å². The number of Topliss-reactive ketones (excluding diaryl/α,β-unsaturated/α-hetero) is 1. The van der Waals surface area contributed by atoms with Crippen molar-refractivity contribution in [2.75, 3.05) is 19.5 Å². The van der Waals surface area contributed by atoms with Crippen LogP contribution in [0.3, 0.4) is 0 Å². The Balaban J connectivity index is 0.000000423. The van der Waals surface area contributed by atoms with Gasteiger partial charge in [0.15, 0.2) is 17.3 Å². The summed E-state index contributed by atoms with van der Waals surface area (Å²) < 4.78 is 5.16. The number of phenolic OH excluding ortho intramolecular Hbond substituents is 1. The van der Waals surface area contributed by atoms with Gasteiger partial charge >= 0.3 is 0 Å². The highest BCUT2D eigenvalue weighted by Gasteiger charge is 2.10. The number of rotatable bonds is 9. The maximum Gasteiger partial charge on any atom is 0.161 e. The Hall–Kier alpha value is -4.82. The van der Waals surface area contributed by atoms with Crippen LogP contribution in [-0.2, 0) is 11.3 Å². The number of nitrogens with one attached hydrogen (secondary N) is 2. The SMILES string of the molecule is C/C=C/C=O.CC.CNCc1ccc(C(C)=O)cc1C.COc1cc(-c2cncc(NC(C)c3cccc(C)c3)n2)ccc1O. The third-order valence-electron chi connectivity index (χ3n) is 6.40. The van der Waals surface area contributed by atoms with E-state index in [0.29, 0.717) is 17.3 Å². The summed E-state index contributed by atoms with van der Waals surface area (Å²) in [5.41, 5.74) is 7.15. The molecule has 45 heavy (non-hydrogen) atoms. The number of methoxy groups -OCH3 is 1. The summed E-state index contributed by atoms with van der Waals surface area (Å²) in [6, 6.07) is 19.4. The Morgan fingerprint density at radius 1 is 1.04 bits per heavy atom. The molecule has 0 saturated heterocycles.